The Balaban J connectivity index is 1.71. The number of nitrogens with one attached hydrogen (secondary N) is 2. The zero-order chi connectivity index (χ0) is 27.0. The zero-order valence-corrected chi connectivity index (χ0v) is 20.7. The SMILES string of the molecule is CCNc1cc(-c2cc(C(F)(F)F)nc3c(-n4cnc(-c5cnn(CC)c5)c4)cccc23)ccc1C(=N)N. The summed E-state index contributed by atoms with van der Waals surface area (Å²) in [6.45, 7) is 5.12. The number of rotatable bonds is 7. The minimum Gasteiger partial charge on any atom is -0.385 e. The molecule has 0 unspecified atom stereocenters. The number of nitrogen functional groups attached to an aromatic ring is 1. The predicted octanol–water partition coefficient (Wildman–Crippen LogP) is 5.71. The summed E-state index contributed by atoms with van der Waals surface area (Å²) in [4.78, 5) is 8.50. The summed E-state index contributed by atoms with van der Waals surface area (Å²) in [7, 11) is 0. The first-order chi connectivity index (χ1) is 18.2. The van der Waals surface area contributed by atoms with Gasteiger partial charge in [-0.2, -0.15) is 18.3 Å². The Labute approximate surface area is 216 Å². The topological polar surface area (TPSA) is 110 Å². The Morgan fingerprint density at radius 3 is 2.58 bits per heavy atom. The van der Waals surface area contributed by atoms with Crippen LogP contribution in [-0.2, 0) is 12.7 Å². The molecule has 5 rings (SSSR count). The molecular formula is C27H25F3N8. The molecule has 5 aromatic rings. The van der Waals surface area contributed by atoms with Crippen LogP contribution in [0.5, 0.6) is 0 Å². The number of halogens is 3. The summed E-state index contributed by atoms with van der Waals surface area (Å²) >= 11 is 0. The Kier molecular flexibility index (Phi) is 6.35. The van der Waals surface area contributed by atoms with Crippen molar-refractivity contribution in [1.82, 2.24) is 24.3 Å². The fourth-order valence-corrected chi connectivity index (χ4v) is 4.38. The van der Waals surface area contributed by atoms with Gasteiger partial charge in [0.25, 0.3) is 0 Å². The molecule has 0 aliphatic carbocycles. The molecule has 0 atom stereocenters. The molecule has 0 aliphatic heterocycles. The Morgan fingerprint density at radius 2 is 1.89 bits per heavy atom. The normalized spacial score (nSPS) is 11.7. The fraction of sp³-hybridized carbons (Fsp3) is 0.185. The van der Waals surface area contributed by atoms with Crippen LogP contribution in [0.25, 0.3) is 39.0 Å². The number of nitrogens with two attached hydrogens (primary N) is 1. The average Bonchev–Trinajstić information content (AvgIpc) is 3.57. The molecule has 194 valence electrons. The summed E-state index contributed by atoms with van der Waals surface area (Å²) in [5.41, 5.74) is 8.75. The first-order valence-corrected chi connectivity index (χ1v) is 12.0. The summed E-state index contributed by atoms with van der Waals surface area (Å²) in [6, 6.07) is 11.3. The van der Waals surface area contributed by atoms with Crippen LogP contribution in [0.4, 0.5) is 18.9 Å². The molecular weight excluding hydrogens is 493 g/mol. The van der Waals surface area contributed by atoms with E-state index in [-0.39, 0.29) is 11.4 Å². The number of nitrogens with zero attached hydrogens (tertiary/aromatic N) is 5. The number of hydrogen-bond donors (Lipinski definition) is 3. The standard InChI is InChI=1S/C27H25F3N8/c1-3-33-21-10-16(8-9-19(21)26(31)32)20-11-24(27(28,29)30)36-25-18(20)6-5-7-23(25)37-14-22(34-15-37)17-12-35-38(4-2)13-17/h5-15,33H,3-4H2,1-2H3,(H3,31,32). The van der Waals surface area contributed by atoms with Gasteiger partial charge in [-0.25, -0.2) is 9.97 Å². The Morgan fingerprint density at radius 1 is 1.08 bits per heavy atom. The molecule has 0 bridgehead atoms. The van der Waals surface area contributed by atoms with Crippen molar-refractivity contribution < 1.29 is 13.2 Å². The van der Waals surface area contributed by atoms with Crippen LogP contribution in [0.15, 0.2) is 67.4 Å². The van der Waals surface area contributed by atoms with E-state index in [0.29, 0.717) is 52.2 Å². The summed E-state index contributed by atoms with van der Waals surface area (Å²) in [5.74, 6) is -0.134. The van der Waals surface area contributed by atoms with Crippen molar-refractivity contribution in [3.8, 4) is 28.1 Å². The lowest BCUT2D eigenvalue weighted by atomic mass is 9.97. The molecule has 4 N–H and O–H groups in total. The first kappa shape index (κ1) is 25.0. The largest absolute Gasteiger partial charge is 0.433 e. The van der Waals surface area contributed by atoms with Gasteiger partial charge in [0.1, 0.15) is 11.5 Å². The van der Waals surface area contributed by atoms with Crippen LogP contribution < -0.4 is 11.1 Å². The lowest BCUT2D eigenvalue weighted by Crippen LogP contribution is -2.14. The maximum atomic E-state index is 14.0. The van der Waals surface area contributed by atoms with Gasteiger partial charge in [-0.15, -0.1) is 0 Å². The maximum absolute atomic E-state index is 14.0. The van der Waals surface area contributed by atoms with E-state index in [1.54, 1.807) is 64.4 Å². The van der Waals surface area contributed by atoms with E-state index >= 15 is 0 Å². The van der Waals surface area contributed by atoms with Crippen LogP contribution in [-0.4, -0.2) is 36.7 Å². The van der Waals surface area contributed by atoms with Gasteiger partial charge >= 0.3 is 6.18 Å². The van der Waals surface area contributed by atoms with Crippen molar-refractivity contribution >= 4 is 22.4 Å². The zero-order valence-electron chi connectivity index (χ0n) is 20.7. The molecule has 0 fully saturated rings. The van der Waals surface area contributed by atoms with Crippen LogP contribution in [0.1, 0.15) is 25.1 Å². The van der Waals surface area contributed by atoms with Crippen LogP contribution in [0, 0.1) is 5.41 Å². The van der Waals surface area contributed by atoms with Crippen molar-refractivity contribution in [2.24, 2.45) is 5.73 Å². The number of benzene rings is 2. The van der Waals surface area contributed by atoms with Gasteiger partial charge in [0.05, 0.1) is 29.4 Å². The lowest BCUT2D eigenvalue weighted by molar-refractivity contribution is -0.140. The third-order valence-corrected chi connectivity index (χ3v) is 6.21. The van der Waals surface area contributed by atoms with Crippen molar-refractivity contribution in [3.63, 3.8) is 0 Å². The molecule has 0 aliphatic rings. The van der Waals surface area contributed by atoms with Crippen LogP contribution >= 0.6 is 0 Å². The summed E-state index contributed by atoms with van der Waals surface area (Å²) in [6.07, 6.45) is 2.21. The summed E-state index contributed by atoms with van der Waals surface area (Å²) in [5, 5.41) is 15.8. The molecule has 0 saturated carbocycles. The third kappa shape index (κ3) is 4.58. The second kappa shape index (κ2) is 9.66. The monoisotopic (exact) mass is 518 g/mol. The van der Waals surface area contributed by atoms with E-state index in [2.05, 4.69) is 20.4 Å². The second-order valence-corrected chi connectivity index (χ2v) is 8.68. The molecule has 3 heterocycles. The number of imidazole rings is 1. The smallest absolute Gasteiger partial charge is 0.385 e. The lowest BCUT2D eigenvalue weighted by Gasteiger charge is -2.16. The van der Waals surface area contributed by atoms with Crippen molar-refractivity contribution in [1.29, 1.82) is 5.41 Å². The van der Waals surface area contributed by atoms with Crippen LogP contribution in [0.3, 0.4) is 0 Å². The highest BCUT2D eigenvalue weighted by Crippen LogP contribution is 2.38. The molecule has 0 spiro atoms. The molecule has 11 heteroatoms. The number of fused-ring (bicyclic) bond motifs is 1. The van der Waals surface area contributed by atoms with Gasteiger partial charge in [-0.3, -0.25) is 10.1 Å². The van der Waals surface area contributed by atoms with E-state index in [1.165, 1.54) is 0 Å². The number of pyridine rings is 1. The fourth-order valence-electron chi connectivity index (χ4n) is 4.38. The third-order valence-electron chi connectivity index (χ3n) is 6.21. The summed E-state index contributed by atoms with van der Waals surface area (Å²) < 4.78 is 45.5. The number of hydrogen-bond acceptors (Lipinski definition) is 5. The predicted molar refractivity (Wildman–Crippen MR) is 141 cm³/mol. The molecule has 0 saturated heterocycles. The number of para-hydroxylation sites is 1. The maximum Gasteiger partial charge on any atom is 0.433 e. The van der Waals surface area contributed by atoms with Gasteiger partial charge in [0.2, 0.25) is 0 Å². The molecule has 0 amide bonds. The van der Waals surface area contributed by atoms with E-state index in [9.17, 15) is 13.2 Å². The van der Waals surface area contributed by atoms with E-state index < -0.39 is 11.9 Å². The number of amidine groups is 1. The van der Waals surface area contributed by atoms with Crippen molar-refractivity contribution in [2.45, 2.75) is 26.6 Å². The number of anilines is 1. The van der Waals surface area contributed by atoms with Gasteiger partial charge in [-0.05, 0) is 49.2 Å². The molecule has 3 aromatic heterocycles. The van der Waals surface area contributed by atoms with E-state index in [4.69, 9.17) is 11.1 Å². The number of alkyl halides is 3. The van der Waals surface area contributed by atoms with Gasteiger partial charge < -0.3 is 15.6 Å². The number of aromatic nitrogens is 5. The minimum atomic E-state index is -4.66. The minimum absolute atomic E-state index is 0.134. The highest BCUT2D eigenvalue weighted by molar-refractivity contribution is 6.03. The van der Waals surface area contributed by atoms with E-state index in [0.717, 1.165) is 11.6 Å². The van der Waals surface area contributed by atoms with Crippen molar-refractivity contribution in [2.75, 3.05) is 11.9 Å². The number of aryl methyl sites for hydroxylation is 1. The Hall–Kier alpha value is -4.67. The van der Waals surface area contributed by atoms with Gasteiger partial charge in [0.15, 0.2) is 0 Å². The average molecular weight is 519 g/mol. The molecule has 0 radical (unpaired) electrons. The van der Waals surface area contributed by atoms with Crippen LogP contribution in [0.2, 0.25) is 0 Å². The van der Waals surface area contributed by atoms with Gasteiger partial charge in [0, 0.05) is 47.7 Å². The molecule has 38 heavy (non-hydrogen) atoms. The first-order valence-electron chi connectivity index (χ1n) is 12.0. The second-order valence-electron chi connectivity index (χ2n) is 8.68. The quantitative estimate of drug-likeness (QED) is 0.189. The van der Waals surface area contributed by atoms with E-state index in [1.807, 2.05) is 20.0 Å². The highest BCUT2D eigenvalue weighted by Gasteiger charge is 2.34. The highest BCUT2D eigenvalue weighted by atomic mass is 19.4. The van der Waals surface area contributed by atoms with Gasteiger partial charge in [-0.1, -0.05) is 18.2 Å². The molecule has 8 nitrogen and oxygen atoms in total. The molecule has 2 aromatic carbocycles. The Bertz CT molecular complexity index is 1650. The van der Waals surface area contributed by atoms with Crippen molar-refractivity contribution in [3.05, 3.63) is 78.6 Å².